The fourth-order valence-corrected chi connectivity index (χ4v) is 3.81. The lowest BCUT2D eigenvalue weighted by Crippen LogP contribution is -2.02. The normalized spacial score (nSPS) is 10.8. The second-order valence-corrected chi connectivity index (χ2v) is 6.93. The van der Waals surface area contributed by atoms with E-state index in [9.17, 15) is 4.39 Å². The lowest BCUT2D eigenvalue weighted by atomic mass is 10.3. The highest BCUT2D eigenvalue weighted by molar-refractivity contribution is 8.02. The number of ether oxygens (including phenoxy) is 1. The van der Waals surface area contributed by atoms with Crippen LogP contribution in [0.1, 0.15) is 0 Å². The highest BCUT2D eigenvalue weighted by atomic mass is 32.2. The van der Waals surface area contributed by atoms with Crippen molar-refractivity contribution in [2.24, 2.45) is 0 Å². The van der Waals surface area contributed by atoms with Crippen molar-refractivity contribution in [3.8, 4) is 11.4 Å². The van der Waals surface area contributed by atoms with Gasteiger partial charge in [-0.1, -0.05) is 23.9 Å². The van der Waals surface area contributed by atoms with Gasteiger partial charge in [0.1, 0.15) is 17.3 Å². The smallest absolute Gasteiger partial charge is 0.214 e. The Bertz CT molecular complexity index is 795. The number of methoxy groups -OCH3 is 1. The summed E-state index contributed by atoms with van der Waals surface area (Å²) in [6.07, 6.45) is 0. The maximum atomic E-state index is 12.9. The van der Waals surface area contributed by atoms with Gasteiger partial charge in [0.25, 0.3) is 0 Å². The number of nitrogens with zero attached hydrogens (tertiary/aromatic N) is 4. The van der Waals surface area contributed by atoms with E-state index in [1.54, 1.807) is 47.4 Å². The van der Waals surface area contributed by atoms with Crippen LogP contribution in [0, 0.1) is 5.82 Å². The molecule has 1 heterocycles. The van der Waals surface area contributed by atoms with Crippen molar-refractivity contribution >= 4 is 23.5 Å². The van der Waals surface area contributed by atoms with Gasteiger partial charge < -0.3 is 4.74 Å². The Kier molecular flexibility index (Phi) is 5.71. The van der Waals surface area contributed by atoms with Crippen molar-refractivity contribution in [3.63, 3.8) is 0 Å². The van der Waals surface area contributed by atoms with Gasteiger partial charge in [0.2, 0.25) is 5.16 Å². The third-order valence-electron chi connectivity index (χ3n) is 3.15. The van der Waals surface area contributed by atoms with Gasteiger partial charge in [-0.3, -0.25) is 0 Å². The fraction of sp³-hybridized carbons (Fsp3) is 0.188. The molecule has 0 amide bonds. The lowest BCUT2D eigenvalue weighted by molar-refractivity contribution is 0.410. The number of aromatic nitrogens is 4. The molecule has 24 heavy (non-hydrogen) atoms. The Morgan fingerprint density at radius 1 is 1.04 bits per heavy atom. The highest BCUT2D eigenvalue weighted by Gasteiger charge is 2.12. The minimum Gasteiger partial charge on any atom is -0.494 e. The summed E-state index contributed by atoms with van der Waals surface area (Å²) >= 11 is 3.24. The summed E-state index contributed by atoms with van der Waals surface area (Å²) < 4.78 is 19.9. The Morgan fingerprint density at radius 2 is 1.79 bits per heavy atom. The van der Waals surface area contributed by atoms with Crippen molar-refractivity contribution in [3.05, 3.63) is 54.3 Å². The van der Waals surface area contributed by atoms with Gasteiger partial charge in [0.05, 0.1) is 7.11 Å². The first kappa shape index (κ1) is 16.8. The van der Waals surface area contributed by atoms with Crippen LogP contribution in [-0.4, -0.2) is 38.8 Å². The van der Waals surface area contributed by atoms with Crippen molar-refractivity contribution in [2.45, 2.75) is 10.1 Å². The molecule has 0 radical (unpaired) electrons. The Hall–Kier alpha value is -2.06. The molecule has 3 aromatic rings. The molecule has 124 valence electrons. The third-order valence-corrected chi connectivity index (χ3v) is 5.34. The quantitative estimate of drug-likeness (QED) is 0.472. The number of para-hydroxylation sites is 2. The average Bonchev–Trinajstić information content (AvgIpc) is 3.08. The molecule has 0 atom stereocenters. The second kappa shape index (κ2) is 8.16. The molecule has 0 aliphatic heterocycles. The highest BCUT2D eigenvalue weighted by Crippen LogP contribution is 2.26. The van der Waals surface area contributed by atoms with Gasteiger partial charge in [0, 0.05) is 16.4 Å². The van der Waals surface area contributed by atoms with E-state index in [2.05, 4.69) is 15.5 Å². The number of rotatable bonds is 7. The molecule has 8 heteroatoms. The van der Waals surface area contributed by atoms with Gasteiger partial charge in [-0.2, -0.15) is 4.68 Å². The van der Waals surface area contributed by atoms with Crippen LogP contribution in [0.5, 0.6) is 5.75 Å². The van der Waals surface area contributed by atoms with E-state index in [0.29, 0.717) is 10.9 Å². The largest absolute Gasteiger partial charge is 0.494 e. The number of hydrogen-bond acceptors (Lipinski definition) is 6. The molecule has 0 unspecified atom stereocenters. The van der Waals surface area contributed by atoms with E-state index in [1.165, 1.54) is 12.1 Å². The van der Waals surface area contributed by atoms with Crippen LogP contribution in [0.3, 0.4) is 0 Å². The van der Waals surface area contributed by atoms with Gasteiger partial charge in [-0.05, 0) is 46.8 Å². The van der Waals surface area contributed by atoms with Crippen LogP contribution in [-0.2, 0) is 0 Å². The zero-order valence-electron chi connectivity index (χ0n) is 12.9. The first-order chi connectivity index (χ1) is 11.8. The predicted molar refractivity (Wildman–Crippen MR) is 93.6 cm³/mol. The number of thioether (sulfide) groups is 2. The minimum atomic E-state index is -0.218. The molecule has 3 rings (SSSR count). The third kappa shape index (κ3) is 4.07. The molecule has 0 N–H and O–H groups in total. The molecule has 0 saturated heterocycles. The van der Waals surface area contributed by atoms with E-state index in [-0.39, 0.29) is 5.82 Å². The fourth-order valence-electron chi connectivity index (χ4n) is 2.05. The summed E-state index contributed by atoms with van der Waals surface area (Å²) in [4.78, 5) is 1.04. The van der Waals surface area contributed by atoms with Gasteiger partial charge in [-0.15, -0.1) is 16.9 Å². The summed E-state index contributed by atoms with van der Waals surface area (Å²) in [5, 5.41) is 12.6. The SMILES string of the molecule is COc1ccccc1-n1nnnc1SCCSc1ccc(F)cc1. The zero-order valence-corrected chi connectivity index (χ0v) is 14.6. The van der Waals surface area contributed by atoms with Crippen LogP contribution in [0.4, 0.5) is 4.39 Å². The molecule has 1 aromatic heterocycles. The Balaban J connectivity index is 1.61. The maximum Gasteiger partial charge on any atom is 0.214 e. The molecule has 0 aliphatic carbocycles. The molecule has 0 aliphatic rings. The number of hydrogen-bond donors (Lipinski definition) is 0. The standard InChI is InChI=1S/C16H15FN4OS2/c1-22-15-5-3-2-4-14(15)21-16(18-19-20-21)24-11-10-23-13-8-6-12(17)7-9-13/h2-9H,10-11H2,1H3. The summed E-state index contributed by atoms with van der Waals surface area (Å²) in [6.45, 7) is 0. The van der Waals surface area contributed by atoms with E-state index >= 15 is 0 Å². The summed E-state index contributed by atoms with van der Waals surface area (Å²) in [7, 11) is 1.62. The molecule has 0 fully saturated rings. The van der Waals surface area contributed by atoms with Crippen LogP contribution in [0.15, 0.2) is 58.6 Å². The monoisotopic (exact) mass is 362 g/mol. The molecular weight excluding hydrogens is 347 g/mol. The number of tetrazole rings is 1. The number of benzene rings is 2. The molecule has 2 aromatic carbocycles. The van der Waals surface area contributed by atoms with E-state index in [1.807, 2.05) is 24.3 Å². The molecule has 0 saturated carbocycles. The topological polar surface area (TPSA) is 52.8 Å². The molecule has 0 bridgehead atoms. The first-order valence-corrected chi connectivity index (χ1v) is 9.18. The van der Waals surface area contributed by atoms with Crippen molar-refractivity contribution in [2.75, 3.05) is 18.6 Å². The minimum absolute atomic E-state index is 0.218. The molecule has 0 spiro atoms. The van der Waals surface area contributed by atoms with E-state index < -0.39 is 0 Å². The zero-order chi connectivity index (χ0) is 16.8. The molecule has 5 nitrogen and oxygen atoms in total. The summed E-state index contributed by atoms with van der Waals surface area (Å²) in [6, 6.07) is 14.1. The maximum absolute atomic E-state index is 12.9. The van der Waals surface area contributed by atoms with Crippen LogP contribution >= 0.6 is 23.5 Å². The van der Waals surface area contributed by atoms with Crippen LogP contribution in [0.25, 0.3) is 5.69 Å². The lowest BCUT2D eigenvalue weighted by Gasteiger charge is -2.08. The Morgan fingerprint density at radius 3 is 2.58 bits per heavy atom. The van der Waals surface area contributed by atoms with E-state index in [4.69, 9.17) is 4.74 Å². The van der Waals surface area contributed by atoms with Crippen molar-refractivity contribution in [1.29, 1.82) is 0 Å². The van der Waals surface area contributed by atoms with Crippen LogP contribution in [0.2, 0.25) is 0 Å². The predicted octanol–water partition coefficient (Wildman–Crippen LogP) is 3.69. The summed E-state index contributed by atoms with van der Waals surface area (Å²) in [5.74, 6) is 2.20. The Labute approximate surface area is 147 Å². The summed E-state index contributed by atoms with van der Waals surface area (Å²) in [5.41, 5.74) is 0.804. The number of halogens is 1. The van der Waals surface area contributed by atoms with Crippen molar-refractivity contribution in [1.82, 2.24) is 20.2 Å². The average molecular weight is 362 g/mol. The van der Waals surface area contributed by atoms with E-state index in [0.717, 1.165) is 22.1 Å². The van der Waals surface area contributed by atoms with Crippen molar-refractivity contribution < 1.29 is 9.13 Å². The molecular formula is C16H15FN4OS2. The van der Waals surface area contributed by atoms with Crippen LogP contribution < -0.4 is 4.74 Å². The van der Waals surface area contributed by atoms with Gasteiger partial charge in [-0.25, -0.2) is 4.39 Å². The van der Waals surface area contributed by atoms with Gasteiger partial charge >= 0.3 is 0 Å². The second-order valence-electron chi connectivity index (χ2n) is 4.70. The van der Waals surface area contributed by atoms with Gasteiger partial charge in [0.15, 0.2) is 0 Å². The first-order valence-electron chi connectivity index (χ1n) is 7.21.